The third-order valence-electron chi connectivity index (χ3n) is 17.3. The second-order valence-corrected chi connectivity index (χ2v) is 29.2. The van der Waals surface area contributed by atoms with Crippen molar-refractivity contribution in [1.82, 2.24) is 0 Å². The molecule has 1 aliphatic carbocycles. The molecule has 78 heavy (non-hydrogen) atoms. The number of benzene rings is 8. The predicted molar refractivity (Wildman–Crippen MR) is 339 cm³/mol. The highest BCUT2D eigenvalue weighted by Crippen LogP contribution is 2.50. The van der Waals surface area contributed by atoms with Gasteiger partial charge in [-0.15, -0.1) is 0 Å². The fourth-order valence-electron chi connectivity index (χ4n) is 12.7. The Balaban J connectivity index is 1.27. The number of hydrogen-bond donors (Lipinski definition) is 0. The maximum atomic E-state index is 2.74. The monoisotopic (exact) mass is 1030 g/mol. The molecule has 0 saturated carbocycles. The first-order valence-electron chi connectivity index (χ1n) is 28.9. The molecule has 2 aliphatic heterocycles. The molecule has 0 fully saturated rings. The zero-order chi connectivity index (χ0) is 55.6. The third kappa shape index (κ3) is 9.81. The number of hydrogen-bond acceptors (Lipinski definition) is 3. The zero-order valence-corrected chi connectivity index (χ0v) is 50.1. The maximum absolute atomic E-state index is 2.74. The largest absolute Gasteiger partial charge is 0.338 e. The minimum atomic E-state index is -0.0663. The molecule has 4 heteroatoms. The van der Waals surface area contributed by atoms with Crippen LogP contribution in [-0.2, 0) is 46.5 Å². The Morgan fingerprint density at radius 1 is 0.423 bits per heavy atom. The van der Waals surface area contributed by atoms with Crippen molar-refractivity contribution in [2.75, 3.05) is 14.7 Å². The molecule has 0 amide bonds. The average Bonchev–Trinajstić information content (AvgIpc) is 3.14. The van der Waals surface area contributed by atoms with Crippen LogP contribution in [0, 0.1) is 5.41 Å². The first-order chi connectivity index (χ1) is 36.5. The lowest BCUT2D eigenvalue weighted by Gasteiger charge is -2.46. The molecule has 0 atom stereocenters. The molecular formula is C74H84BN3. The lowest BCUT2D eigenvalue weighted by Crippen LogP contribution is -2.62. The zero-order valence-electron chi connectivity index (χ0n) is 50.1. The summed E-state index contributed by atoms with van der Waals surface area (Å²) in [5, 5.41) is 0. The Bertz CT molecular complexity index is 3530. The predicted octanol–water partition coefficient (Wildman–Crippen LogP) is 18.4. The Labute approximate surface area is 469 Å². The van der Waals surface area contributed by atoms with Gasteiger partial charge in [0.05, 0.1) is 5.69 Å². The Kier molecular flexibility index (Phi) is 12.7. The van der Waals surface area contributed by atoms with Gasteiger partial charge in [0, 0.05) is 46.4 Å². The van der Waals surface area contributed by atoms with Crippen LogP contribution in [0.2, 0.25) is 0 Å². The summed E-state index contributed by atoms with van der Waals surface area (Å²) in [4.78, 5) is 7.91. The Hall–Kier alpha value is -6.78. The van der Waals surface area contributed by atoms with Gasteiger partial charge in [-0.25, -0.2) is 0 Å². The van der Waals surface area contributed by atoms with Crippen LogP contribution in [-0.4, -0.2) is 6.71 Å². The van der Waals surface area contributed by atoms with Gasteiger partial charge in [0.1, 0.15) is 0 Å². The highest BCUT2D eigenvalue weighted by atomic mass is 15.2. The Morgan fingerprint density at radius 3 is 1.51 bits per heavy atom. The fraction of sp³-hybridized carbons (Fsp3) is 0.351. The summed E-state index contributed by atoms with van der Waals surface area (Å²) in [5.74, 6) is 0. The molecule has 398 valence electrons. The van der Waals surface area contributed by atoms with E-state index in [1.807, 2.05) is 0 Å². The summed E-state index contributed by atoms with van der Waals surface area (Å²) in [6.07, 6.45) is 2.14. The molecule has 0 spiro atoms. The van der Waals surface area contributed by atoms with Crippen molar-refractivity contribution >= 4 is 68.6 Å². The van der Waals surface area contributed by atoms with Crippen LogP contribution in [0.3, 0.4) is 0 Å². The molecule has 8 aromatic carbocycles. The molecule has 0 N–H and O–H groups in total. The topological polar surface area (TPSA) is 9.72 Å². The molecule has 0 bridgehead atoms. The summed E-state index contributed by atoms with van der Waals surface area (Å²) in [6.45, 7) is 40.6. The maximum Gasteiger partial charge on any atom is 0.252 e. The highest BCUT2D eigenvalue weighted by Gasteiger charge is 2.46. The molecule has 0 unspecified atom stereocenters. The van der Waals surface area contributed by atoms with Crippen LogP contribution in [0.15, 0.2) is 164 Å². The summed E-state index contributed by atoms with van der Waals surface area (Å²) in [6, 6.07) is 64.4. The number of fused-ring (bicyclic) bond motifs is 5. The van der Waals surface area contributed by atoms with E-state index in [4.69, 9.17) is 0 Å². The van der Waals surface area contributed by atoms with Gasteiger partial charge in [-0.2, -0.15) is 0 Å². The van der Waals surface area contributed by atoms with Gasteiger partial charge in [-0.05, 0) is 178 Å². The van der Waals surface area contributed by atoms with Crippen molar-refractivity contribution in [2.24, 2.45) is 5.41 Å². The first-order valence-corrected chi connectivity index (χ1v) is 28.9. The molecule has 2 heterocycles. The molecular weight excluding hydrogens is 942 g/mol. The second kappa shape index (κ2) is 18.7. The molecule has 0 radical (unpaired) electrons. The van der Waals surface area contributed by atoms with E-state index in [2.05, 4.69) is 296 Å². The van der Waals surface area contributed by atoms with Crippen molar-refractivity contribution in [1.29, 1.82) is 0 Å². The van der Waals surface area contributed by atoms with E-state index in [9.17, 15) is 0 Å². The second-order valence-electron chi connectivity index (χ2n) is 29.2. The minimum absolute atomic E-state index is 0.00201. The normalized spacial score (nSPS) is 15.0. The Morgan fingerprint density at radius 2 is 0.936 bits per heavy atom. The van der Waals surface area contributed by atoms with Crippen molar-refractivity contribution in [2.45, 2.75) is 164 Å². The highest BCUT2D eigenvalue weighted by molar-refractivity contribution is 7.00. The van der Waals surface area contributed by atoms with Crippen LogP contribution in [0.4, 0.5) is 45.5 Å². The standard InChI is InChI=1S/C74H84BN3/c1-69(2,3)52-28-33-57(34-29-52)77(58-35-30-53(31-36-58)70(4,5)6)60-43-66-68-67(44-60)78(59-25-21-24-54(40-59)71(7,8)9)65-42-56(73(13,14)15)32-37-62(65)75(68)63-38-50-45-74(16,17)46-51(50)39-64(63)76(66)47-49-26-27-55(72(10,11)12)41-61(49)48-22-19-18-20-23-48/h18-44H,45-47H2,1-17H3. The molecule has 8 aromatic rings. The third-order valence-corrected chi connectivity index (χ3v) is 17.3. The van der Waals surface area contributed by atoms with Crippen LogP contribution in [0.5, 0.6) is 0 Å². The van der Waals surface area contributed by atoms with Crippen LogP contribution in [0.25, 0.3) is 11.1 Å². The summed E-state index contributed by atoms with van der Waals surface area (Å²) in [5.41, 5.74) is 27.3. The SMILES string of the molecule is CC1(C)Cc2cc3c(cc2C1)N(Cc1ccc(C(C)(C)C)cc1-c1ccccc1)c1cc(N(c2ccc(C(C)(C)C)cc2)c2ccc(C(C)(C)C)cc2)cc2c1B3c1ccc(C(C)(C)C)cc1N2c1cccc(C(C)(C)C)c1. The lowest BCUT2D eigenvalue weighted by molar-refractivity contribution is 0.392. The van der Waals surface area contributed by atoms with Gasteiger partial charge in [0.2, 0.25) is 0 Å². The molecule has 11 rings (SSSR count). The van der Waals surface area contributed by atoms with Crippen molar-refractivity contribution < 1.29 is 0 Å². The van der Waals surface area contributed by atoms with E-state index in [0.29, 0.717) is 6.54 Å². The van der Waals surface area contributed by atoms with Gasteiger partial charge >= 0.3 is 0 Å². The quantitative estimate of drug-likeness (QED) is 0.147. The smallest absolute Gasteiger partial charge is 0.252 e. The van der Waals surface area contributed by atoms with Gasteiger partial charge < -0.3 is 14.7 Å². The summed E-state index contributed by atoms with van der Waals surface area (Å²) < 4.78 is 0. The van der Waals surface area contributed by atoms with Gasteiger partial charge in [-0.3, -0.25) is 0 Å². The van der Waals surface area contributed by atoms with Crippen molar-refractivity contribution in [3.8, 4) is 11.1 Å². The van der Waals surface area contributed by atoms with E-state index in [1.54, 1.807) is 0 Å². The van der Waals surface area contributed by atoms with Crippen LogP contribution >= 0.6 is 0 Å². The fourth-order valence-corrected chi connectivity index (χ4v) is 12.7. The summed E-state index contributed by atoms with van der Waals surface area (Å²) in [7, 11) is 0. The molecule has 0 aromatic heterocycles. The average molecular weight is 1030 g/mol. The first kappa shape index (κ1) is 53.2. The van der Waals surface area contributed by atoms with Gasteiger partial charge in [-0.1, -0.05) is 221 Å². The molecule has 3 nitrogen and oxygen atoms in total. The van der Waals surface area contributed by atoms with E-state index < -0.39 is 0 Å². The summed E-state index contributed by atoms with van der Waals surface area (Å²) >= 11 is 0. The lowest BCUT2D eigenvalue weighted by atomic mass is 9.33. The number of nitrogens with zero attached hydrogens (tertiary/aromatic N) is 3. The van der Waals surface area contributed by atoms with Gasteiger partial charge in [0.25, 0.3) is 6.71 Å². The minimum Gasteiger partial charge on any atom is -0.338 e. The van der Waals surface area contributed by atoms with E-state index in [-0.39, 0.29) is 39.2 Å². The van der Waals surface area contributed by atoms with Crippen molar-refractivity contribution in [3.05, 3.63) is 208 Å². The van der Waals surface area contributed by atoms with E-state index in [1.165, 1.54) is 100 Å². The van der Waals surface area contributed by atoms with Crippen molar-refractivity contribution in [3.63, 3.8) is 0 Å². The van der Waals surface area contributed by atoms with Gasteiger partial charge in [0.15, 0.2) is 0 Å². The van der Waals surface area contributed by atoms with Crippen LogP contribution < -0.4 is 31.1 Å². The van der Waals surface area contributed by atoms with E-state index >= 15 is 0 Å². The number of anilines is 8. The van der Waals surface area contributed by atoms with Crippen LogP contribution in [0.1, 0.15) is 162 Å². The number of rotatable bonds is 7. The molecule has 3 aliphatic rings. The van der Waals surface area contributed by atoms with E-state index in [0.717, 1.165) is 29.9 Å². The molecule has 0 saturated heterocycles.